The number of fused-ring (bicyclic) bond motifs is 1. The first-order valence-corrected chi connectivity index (χ1v) is 6.30. The summed E-state index contributed by atoms with van der Waals surface area (Å²) in [6.07, 6.45) is 6.64. The topological polar surface area (TPSA) is 50.2 Å². The van der Waals surface area contributed by atoms with E-state index >= 15 is 0 Å². The van der Waals surface area contributed by atoms with Crippen molar-refractivity contribution in [2.45, 2.75) is 25.7 Å². The molecule has 0 aliphatic heterocycles. The highest BCUT2D eigenvalue weighted by Crippen LogP contribution is 2.61. The third-order valence-corrected chi connectivity index (χ3v) is 4.55. The zero-order chi connectivity index (χ0) is 12.0. The van der Waals surface area contributed by atoms with Crippen LogP contribution in [-0.2, 0) is 11.2 Å². The molecular weight excluding hydrogens is 238 g/mol. The van der Waals surface area contributed by atoms with E-state index in [0.717, 1.165) is 18.4 Å². The predicted octanol–water partition coefficient (Wildman–Crippen LogP) is 2.78. The van der Waals surface area contributed by atoms with Gasteiger partial charge in [0.15, 0.2) is 0 Å². The van der Waals surface area contributed by atoms with Gasteiger partial charge in [-0.2, -0.15) is 0 Å². The summed E-state index contributed by atoms with van der Waals surface area (Å²) in [6, 6.07) is 1.83. The van der Waals surface area contributed by atoms with E-state index in [9.17, 15) is 9.90 Å². The van der Waals surface area contributed by atoms with Crippen molar-refractivity contribution in [3.8, 4) is 0 Å². The van der Waals surface area contributed by atoms with E-state index in [0.29, 0.717) is 23.3 Å². The van der Waals surface area contributed by atoms with Crippen molar-refractivity contribution in [1.29, 1.82) is 0 Å². The number of hydrogen-bond donors (Lipinski definition) is 1. The average molecular weight is 252 g/mol. The summed E-state index contributed by atoms with van der Waals surface area (Å²) in [4.78, 5) is 15.5. The first-order chi connectivity index (χ1) is 8.11. The number of rotatable bonds is 3. The molecule has 0 amide bonds. The maximum atomic E-state index is 11.5. The van der Waals surface area contributed by atoms with E-state index < -0.39 is 11.4 Å². The van der Waals surface area contributed by atoms with Crippen LogP contribution in [0.3, 0.4) is 0 Å². The molecule has 2 aliphatic carbocycles. The highest BCUT2D eigenvalue weighted by Gasteiger charge is 2.57. The zero-order valence-corrected chi connectivity index (χ0v) is 10.2. The minimum Gasteiger partial charge on any atom is -0.481 e. The van der Waals surface area contributed by atoms with Crippen LogP contribution in [0.1, 0.15) is 24.8 Å². The summed E-state index contributed by atoms with van der Waals surface area (Å²) in [5.41, 5.74) is 0.323. The third-order valence-electron chi connectivity index (χ3n) is 4.21. The normalized spacial score (nSPS) is 34.4. The Hall–Kier alpha value is -1.09. The van der Waals surface area contributed by atoms with E-state index in [1.165, 1.54) is 6.42 Å². The van der Waals surface area contributed by atoms with Crippen LogP contribution in [0.5, 0.6) is 0 Å². The molecule has 1 heterocycles. The molecule has 2 unspecified atom stereocenters. The highest BCUT2D eigenvalue weighted by molar-refractivity contribution is 6.31. The van der Waals surface area contributed by atoms with Crippen molar-refractivity contribution in [1.82, 2.24) is 4.98 Å². The van der Waals surface area contributed by atoms with E-state index in [2.05, 4.69) is 4.98 Å². The quantitative estimate of drug-likeness (QED) is 0.899. The number of carboxylic acids is 1. The molecule has 0 bridgehead atoms. The van der Waals surface area contributed by atoms with Crippen LogP contribution in [0, 0.1) is 17.3 Å². The number of nitrogens with zero attached hydrogens (tertiary/aromatic N) is 1. The van der Waals surface area contributed by atoms with Crippen molar-refractivity contribution >= 4 is 17.6 Å². The Bertz CT molecular complexity index is 464. The maximum Gasteiger partial charge on any atom is 0.309 e. The van der Waals surface area contributed by atoms with Gasteiger partial charge >= 0.3 is 5.97 Å². The van der Waals surface area contributed by atoms with Gasteiger partial charge in [-0.3, -0.25) is 9.78 Å². The van der Waals surface area contributed by atoms with Crippen LogP contribution in [-0.4, -0.2) is 16.1 Å². The van der Waals surface area contributed by atoms with Crippen molar-refractivity contribution in [2.75, 3.05) is 0 Å². The molecule has 0 aromatic carbocycles. The van der Waals surface area contributed by atoms with Crippen LogP contribution < -0.4 is 0 Å². The third kappa shape index (κ3) is 1.82. The van der Waals surface area contributed by atoms with E-state index in [-0.39, 0.29) is 0 Å². The molecule has 0 radical (unpaired) electrons. The molecule has 2 aliphatic rings. The summed E-state index contributed by atoms with van der Waals surface area (Å²) in [5.74, 6) is 0.621. The molecule has 1 aromatic heterocycles. The van der Waals surface area contributed by atoms with Crippen molar-refractivity contribution in [2.24, 2.45) is 17.3 Å². The minimum atomic E-state index is -0.669. The Kier molecular flexibility index (Phi) is 2.40. The highest BCUT2D eigenvalue weighted by atomic mass is 35.5. The zero-order valence-electron chi connectivity index (χ0n) is 9.40. The lowest BCUT2D eigenvalue weighted by Gasteiger charge is -2.26. The first-order valence-electron chi connectivity index (χ1n) is 5.92. The second kappa shape index (κ2) is 3.70. The summed E-state index contributed by atoms with van der Waals surface area (Å²) >= 11 is 6.06. The Labute approximate surface area is 105 Å². The lowest BCUT2D eigenvalue weighted by atomic mass is 9.77. The molecule has 1 N–H and O–H groups in total. The number of hydrogen-bond acceptors (Lipinski definition) is 2. The predicted molar refractivity (Wildman–Crippen MR) is 63.9 cm³/mol. The second-order valence-electron chi connectivity index (χ2n) is 5.39. The Morgan fingerprint density at radius 3 is 2.82 bits per heavy atom. The Morgan fingerprint density at radius 2 is 2.24 bits per heavy atom. The molecule has 4 heteroatoms. The van der Waals surface area contributed by atoms with Gasteiger partial charge in [-0.15, -0.1) is 0 Å². The van der Waals surface area contributed by atoms with Crippen molar-refractivity contribution in [3.05, 3.63) is 29.0 Å². The van der Waals surface area contributed by atoms with Gasteiger partial charge in [0, 0.05) is 12.4 Å². The van der Waals surface area contributed by atoms with E-state index in [4.69, 9.17) is 11.6 Å². The molecule has 2 atom stereocenters. The number of carbonyl (C=O) groups is 1. The van der Waals surface area contributed by atoms with E-state index in [1.54, 1.807) is 12.4 Å². The summed E-state index contributed by atoms with van der Waals surface area (Å²) in [6.45, 7) is 0. The molecule has 3 nitrogen and oxygen atoms in total. The molecule has 0 spiro atoms. The fraction of sp³-hybridized carbons (Fsp3) is 0.538. The number of halogens is 1. The molecule has 17 heavy (non-hydrogen) atoms. The van der Waals surface area contributed by atoms with Gasteiger partial charge in [-0.25, -0.2) is 0 Å². The maximum absolute atomic E-state index is 11.5. The number of aromatic nitrogens is 1. The van der Waals surface area contributed by atoms with E-state index in [1.807, 2.05) is 6.07 Å². The van der Waals surface area contributed by atoms with Gasteiger partial charge in [0.05, 0.1) is 10.4 Å². The lowest BCUT2D eigenvalue weighted by Crippen LogP contribution is -2.32. The molecular formula is C13H14ClNO2. The fourth-order valence-electron chi connectivity index (χ4n) is 3.20. The van der Waals surface area contributed by atoms with Gasteiger partial charge in [0.1, 0.15) is 0 Å². The van der Waals surface area contributed by atoms with Gasteiger partial charge in [0.2, 0.25) is 0 Å². The summed E-state index contributed by atoms with van der Waals surface area (Å²) in [7, 11) is 0. The van der Waals surface area contributed by atoms with Crippen molar-refractivity contribution in [3.63, 3.8) is 0 Å². The largest absolute Gasteiger partial charge is 0.481 e. The molecule has 3 rings (SSSR count). The van der Waals surface area contributed by atoms with Crippen molar-refractivity contribution < 1.29 is 9.90 Å². The average Bonchev–Trinajstić information content (AvgIpc) is 2.90. The standard InChI is InChI=1S/C13H14ClNO2/c14-11-7-15-2-1-8(11)4-13(12(16)17)5-9-3-10(9)6-13/h1-2,7,9-10H,3-6H2,(H,16,17). The Morgan fingerprint density at radius 1 is 1.53 bits per heavy atom. The Balaban J connectivity index is 1.87. The molecule has 90 valence electrons. The first kappa shape index (κ1) is 11.0. The monoisotopic (exact) mass is 251 g/mol. The smallest absolute Gasteiger partial charge is 0.309 e. The van der Waals surface area contributed by atoms with Crippen LogP contribution in [0.4, 0.5) is 0 Å². The second-order valence-corrected chi connectivity index (χ2v) is 5.80. The summed E-state index contributed by atoms with van der Waals surface area (Å²) < 4.78 is 0. The van der Waals surface area contributed by atoms with Crippen LogP contribution in [0.25, 0.3) is 0 Å². The molecule has 2 fully saturated rings. The van der Waals surface area contributed by atoms with Crippen LogP contribution >= 0.6 is 11.6 Å². The number of aliphatic carboxylic acids is 1. The van der Waals surface area contributed by atoms with Gasteiger partial charge < -0.3 is 5.11 Å². The molecule has 2 saturated carbocycles. The molecule has 1 aromatic rings. The van der Waals surface area contributed by atoms with Gasteiger partial charge in [-0.05, 0) is 49.1 Å². The van der Waals surface area contributed by atoms with Crippen LogP contribution in [0.15, 0.2) is 18.5 Å². The fourth-order valence-corrected chi connectivity index (χ4v) is 3.39. The number of carboxylic acid groups (broad SMARTS) is 1. The lowest BCUT2D eigenvalue weighted by molar-refractivity contribution is -0.149. The summed E-state index contributed by atoms with van der Waals surface area (Å²) in [5, 5.41) is 10.1. The van der Waals surface area contributed by atoms with Gasteiger partial charge in [-0.1, -0.05) is 11.6 Å². The SMILES string of the molecule is O=C(O)C1(Cc2ccncc2Cl)CC2CC2C1. The number of pyridine rings is 1. The minimum absolute atomic E-state index is 0.538. The van der Waals surface area contributed by atoms with Gasteiger partial charge in [0.25, 0.3) is 0 Å². The van der Waals surface area contributed by atoms with Crippen LogP contribution in [0.2, 0.25) is 5.02 Å². The molecule has 0 saturated heterocycles.